The molecule has 0 aromatic carbocycles. The van der Waals surface area contributed by atoms with E-state index < -0.39 is 0 Å². The minimum Gasteiger partial charge on any atom is -0.373 e. The highest BCUT2D eigenvalue weighted by molar-refractivity contribution is 6.04. The van der Waals surface area contributed by atoms with Crippen LogP contribution in [0, 0.1) is 6.92 Å². The topological polar surface area (TPSA) is 66.9 Å². The lowest BCUT2D eigenvalue weighted by Gasteiger charge is -2.11. The van der Waals surface area contributed by atoms with Crippen molar-refractivity contribution in [3.8, 4) is 0 Å². The van der Waals surface area contributed by atoms with Gasteiger partial charge in [-0.2, -0.15) is 0 Å². The van der Waals surface area contributed by atoms with E-state index in [1.807, 2.05) is 19.1 Å². The monoisotopic (exact) mass is 284 g/mol. The Kier molecular flexibility index (Phi) is 4.52. The number of hydrogen-bond donors (Lipinski definition) is 2. The van der Waals surface area contributed by atoms with Crippen LogP contribution in [0.5, 0.6) is 0 Å². The molecule has 0 aliphatic heterocycles. The van der Waals surface area contributed by atoms with Crippen LogP contribution in [-0.2, 0) is 0 Å². The Bertz CT molecular complexity index is 652. The van der Waals surface area contributed by atoms with E-state index in [1.165, 1.54) is 0 Å². The second-order valence-corrected chi connectivity index (χ2v) is 5.21. The Balaban J connectivity index is 2.28. The summed E-state index contributed by atoms with van der Waals surface area (Å²) in [5.74, 6) is 0.798. The molecule has 2 aromatic rings. The van der Waals surface area contributed by atoms with E-state index in [2.05, 4.69) is 34.4 Å². The fraction of sp³-hybridized carbons (Fsp3) is 0.312. The van der Waals surface area contributed by atoms with Crippen molar-refractivity contribution in [3.05, 3.63) is 47.4 Å². The predicted molar refractivity (Wildman–Crippen MR) is 84.8 cm³/mol. The fourth-order valence-corrected chi connectivity index (χ4v) is 1.93. The molecule has 0 aliphatic carbocycles. The lowest BCUT2D eigenvalue weighted by atomic mass is 10.1. The quantitative estimate of drug-likeness (QED) is 0.904. The van der Waals surface area contributed by atoms with Gasteiger partial charge in [0, 0.05) is 35.9 Å². The maximum atomic E-state index is 12.4. The smallest absolute Gasteiger partial charge is 0.255 e. The van der Waals surface area contributed by atoms with Gasteiger partial charge in [0.2, 0.25) is 0 Å². The van der Waals surface area contributed by atoms with Gasteiger partial charge < -0.3 is 10.6 Å². The van der Waals surface area contributed by atoms with E-state index in [4.69, 9.17) is 0 Å². The first-order valence-electron chi connectivity index (χ1n) is 6.93. The van der Waals surface area contributed by atoms with E-state index in [1.54, 1.807) is 25.4 Å². The molecule has 21 heavy (non-hydrogen) atoms. The van der Waals surface area contributed by atoms with Gasteiger partial charge in [0.05, 0.1) is 0 Å². The van der Waals surface area contributed by atoms with E-state index >= 15 is 0 Å². The lowest BCUT2D eigenvalue weighted by Crippen LogP contribution is -2.14. The van der Waals surface area contributed by atoms with Crippen LogP contribution >= 0.6 is 0 Å². The molecule has 2 N–H and O–H groups in total. The Morgan fingerprint density at radius 1 is 1.24 bits per heavy atom. The number of aryl methyl sites for hydroxylation is 1. The highest BCUT2D eigenvalue weighted by atomic mass is 16.1. The van der Waals surface area contributed by atoms with Gasteiger partial charge in [-0.15, -0.1) is 0 Å². The van der Waals surface area contributed by atoms with Crippen molar-refractivity contribution in [1.29, 1.82) is 0 Å². The van der Waals surface area contributed by atoms with Crippen molar-refractivity contribution in [2.75, 3.05) is 17.7 Å². The van der Waals surface area contributed by atoms with E-state index in [0.717, 1.165) is 17.1 Å². The van der Waals surface area contributed by atoms with Crippen molar-refractivity contribution in [1.82, 2.24) is 9.97 Å². The average Bonchev–Trinajstić information content (AvgIpc) is 2.46. The summed E-state index contributed by atoms with van der Waals surface area (Å²) in [6.45, 7) is 5.99. The van der Waals surface area contributed by atoms with Crippen molar-refractivity contribution in [3.63, 3.8) is 0 Å². The number of carbonyl (C=O) groups is 1. The molecule has 2 aromatic heterocycles. The molecule has 0 saturated carbocycles. The van der Waals surface area contributed by atoms with Gasteiger partial charge in [-0.3, -0.25) is 9.78 Å². The summed E-state index contributed by atoms with van der Waals surface area (Å²) in [4.78, 5) is 20.9. The molecule has 110 valence electrons. The Morgan fingerprint density at radius 3 is 2.62 bits per heavy atom. The Labute approximate surface area is 124 Å². The summed E-state index contributed by atoms with van der Waals surface area (Å²) in [6.07, 6.45) is 1.68. The molecule has 5 nitrogen and oxygen atoms in total. The molecule has 2 rings (SSSR count). The highest BCUT2D eigenvalue weighted by Crippen LogP contribution is 2.18. The van der Waals surface area contributed by atoms with Gasteiger partial charge in [-0.1, -0.05) is 13.8 Å². The van der Waals surface area contributed by atoms with Gasteiger partial charge >= 0.3 is 0 Å². The van der Waals surface area contributed by atoms with Crippen LogP contribution in [0.25, 0.3) is 0 Å². The maximum Gasteiger partial charge on any atom is 0.255 e. The molecule has 0 fully saturated rings. The number of amides is 1. The largest absolute Gasteiger partial charge is 0.373 e. The van der Waals surface area contributed by atoms with E-state index in [-0.39, 0.29) is 11.8 Å². The van der Waals surface area contributed by atoms with E-state index in [0.29, 0.717) is 11.4 Å². The summed E-state index contributed by atoms with van der Waals surface area (Å²) in [5, 5.41) is 5.87. The highest BCUT2D eigenvalue weighted by Gasteiger charge is 2.12. The van der Waals surface area contributed by atoms with Crippen LogP contribution < -0.4 is 10.6 Å². The summed E-state index contributed by atoms with van der Waals surface area (Å²) >= 11 is 0. The fourth-order valence-electron chi connectivity index (χ4n) is 1.93. The SMILES string of the molecule is CNc1cc(C(=O)Nc2ccnc(C)c2)cc(C(C)C)n1. The third kappa shape index (κ3) is 3.78. The van der Waals surface area contributed by atoms with Gasteiger partial charge in [0.25, 0.3) is 5.91 Å². The lowest BCUT2D eigenvalue weighted by molar-refractivity contribution is 0.102. The molecule has 0 bridgehead atoms. The third-order valence-electron chi connectivity index (χ3n) is 3.11. The third-order valence-corrected chi connectivity index (χ3v) is 3.11. The normalized spacial score (nSPS) is 10.5. The summed E-state index contributed by atoms with van der Waals surface area (Å²) in [7, 11) is 1.79. The van der Waals surface area contributed by atoms with Crippen LogP contribution in [0.3, 0.4) is 0 Å². The number of pyridine rings is 2. The summed E-state index contributed by atoms with van der Waals surface area (Å²) in [5.41, 5.74) is 3.08. The number of nitrogens with zero attached hydrogens (tertiary/aromatic N) is 2. The number of anilines is 2. The molecule has 2 heterocycles. The summed E-state index contributed by atoms with van der Waals surface area (Å²) < 4.78 is 0. The van der Waals surface area contributed by atoms with Gasteiger partial charge in [-0.05, 0) is 37.1 Å². The number of rotatable bonds is 4. The molecule has 1 amide bonds. The number of nitrogens with one attached hydrogen (secondary N) is 2. The number of carbonyl (C=O) groups excluding carboxylic acids is 1. The minimum absolute atomic E-state index is 0.151. The zero-order valence-electron chi connectivity index (χ0n) is 12.8. The van der Waals surface area contributed by atoms with Gasteiger partial charge in [-0.25, -0.2) is 4.98 Å². The molecule has 0 aliphatic rings. The van der Waals surface area contributed by atoms with Gasteiger partial charge in [0.15, 0.2) is 0 Å². The predicted octanol–water partition coefficient (Wildman–Crippen LogP) is 3.20. The zero-order chi connectivity index (χ0) is 15.4. The standard InChI is InChI=1S/C16H20N4O/c1-10(2)14-8-12(9-15(17-4)20-14)16(21)19-13-5-6-18-11(3)7-13/h5-10H,1-4H3,(H,17,20)(H,18,19,21). The first-order chi connectivity index (χ1) is 9.99. The molecular formula is C16H20N4O. The van der Waals surface area contributed by atoms with Gasteiger partial charge in [0.1, 0.15) is 5.82 Å². The second-order valence-electron chi connectivity index (χ2n) is 5.21. The van der Waals surface area contributed by atoms with Crippen molar-refractivity contribution < 1.29 is 4.79 Å². The van der Waals surface area contributed by atoms with E-state index in [9.17, 15) is 4.79 Å². The number of aromatic nitrogens is 2. The van der Waals surface area contributed by atoms with Crippen LogP contribution in [0.15, 0.2) is 30.5 Å². The molecule has 0 radical (unpaired) electrons. The van der Waals surface area contributed by atoms with Crippen LogP contribution in [-0.4, -0.2) is 22.9 Å². The van der Waals surface area contributed by atoms with Crippen LogP contribution in [0.2, 0.25) is 0 Å². The second kappa shape index (κ2) is 6.35. The first kappa shape index (κ1) is 15.0. The summed E-state index contributed by atoms with van der Waals surface area (Å²) in [6, 6.07) is 7.18. The zero-order valence-corrected chi connectivity index (χ0v) is 12.8. The first-order valence-corrected chi connectivity index (χ1v) is 6.93. The molecule has 0 atom stereocenters. The van der Waals surface area contributed by atoms with Crippen LogP contribution in [0.1, 0.15) is 41.5 Å². The molecular weight excluding hydrogens is 264 g/mol. The van der Waals surface area contributed by atoms with Crippen molar-refractivity contribution in [2.24, 2.45) is 0 Å². The molecule has 0 spiro atoms. The molecule has 5 heteroatoms. The average molecular weight is 284 g/mol. The van der Waals surface area contributed by atoms with Crippen molar-refractivity contribution in [2.45, 2.75) is 26.7 Å². The maximum absolute atomic E-state index is 12.4. The molecule has 0 saturated heterocycles. The Hall–Kier alpha value is -2.43. The number of hydrogen-bond acceptors (Lipinski definition) is 4. The van der Waals surface area contributed by atoms with Crippen LogP contribution in [0.4, 0.5) is 11.5 Å². The Morgan fingerprint density at radius 2 is 2.00 bits per heavy atom. The minimum atomic E-state index is -0.151. The molecule has 0 unspecified atom stereocenters. The van der Waals surface area contributed by atoms with Crippen molar-refractivity contribution >= 4 is 17.4 Å².